The number of carbonyl (C=O) groups is 1. The van der Waals surface area contributed by atoms with Crippen molar-refractivity contribution in [1.82, 2.24) is 10.2 Å². The van der Waals surface area contributed by atoms with E-state index in [1.165, 1.54) is 6.42 Å². The third kappa shape index (κ3) is 3.22. The summed E-state index contributed by atoms with van der Waals surface area (Å²) in [6.07, 6.45) is 2.35. The molecule has 3 N–H and O–H groups in total. The fourth-order valence-electron chi connectivity index (χ4n) is 2.67. The monoisotopic (exact) mass is 276 g/mol. The van der Waals surface area contributed by atoms with Gasteiger partial charge in [0, 0.05) is 38.1 Å². The van der Waals surface area contributed by atoms with E-state index in [0.717, 1.165) is 18.7 Å². The Bertz CT molecular complexity index is 487. The SMILES string of the molecule is CN(C)c1ccc(N)cc1C(=O)NCC1CCCN1C. The van der Waals surface area contributed by atoms with Crippen molar-refractivity contribution in [3.8, 4) is 0 Å². The van der Waals surface area contributed by atoms with Crippen LogP contribution in [-0.4, -0.2) is 51.1 Å². The highest BCUT2D eigenvalue weighted by atomic mass is 16.1. The molecule has 5 heteroatoms. The van der Waals surface area contributed by atoms with Crippen molar-refractivity contribution in [3.63, 3.8) is 0 Å². The molecule has 1 aliphatic rings. The topological polar surface area (TPSA) is 61.6 Å². The minimum Gasteiger partial charge on any atom is -0.399 e. The molecule has 0 saturated carbocycles. The Kier molecular flexibility index (Phi) is 4.49. The molecule has 5 nitrogen and oxygen atoms in total. The Hall–Kier alpha value is -1.75. The van der Waals surface area contributed by atoms with Crippen LogP contribution in [0.5, 0.6) is 0 Å². The van der Waals surface area contributed by atoms with Crippen LogP contribution in [0.3, 0.4) is 0 Å². The van der Waals surface area contributed by atoms with Gasteiger partial charge in [-0.15, -0.1) is 0 Å². The van der Waals surface area contributed by atoms with Crippen LogP contribution in [-0.2, 0) is 0 Å². The first-order valence-corrected chi connectivity index (χ1v) is 7.04. The zero-order chi connectivity index (χ0) is 14.7. The molecule has 1 saturated heterocycles. The maximum Gasteiger partial charge on any atom is 0.253 e. The van der Waals surface area contributed by atoms with E-state index in [9.17, 15) is 4.79 Å². The summed E-state index contributed by atoms with van der Waals surface area (Å²) in [5.41, 5.74) is 7.93. The van der Waals surface area contributed by atoms with E-state index in [2.05, 4.69) is 17.3 Å². The predicted octanol–water partition coefficient (Wildman–Crippen LogP) is 1.16. The highest BCUT2D eigenvalue weighted by molar-refractivity contribution is 6.00. The van der Waals surface area contributed by atoms with E-state index in [0.29, 0.717) is 23.8 Å². The third-order valence-electron chi connectivity index (χ3n) is 3.92. The van der Waals surface area contributed by atoms with E-state index < -0.39 is 0 Å². The minimum atomic E-state index is -0.0544. The zero-order valence-corrected chi connectivity index (χ0v) is 12.5. The smallest absolute Gasteiger partial charge is 0.253 e. The number of hydrogen-bond acceptors (Lipinski definition) is 4. The first kappa shape index (κ1) is 14.7. The fraction of sp³-hybridized carbons (Fsp3) is 0.533. The highest BCUT2D eigenvalue weighted by Gasteiger charge is 2.22. The molecule has 0 aromatic heterocycles. The molecule has 20 heavy (non-hydrogen) atoms. The number of nitrogens with two attached hydrogens (primary N) is 1. The summed E-state index contributed by atoms with van der Waals surface area (Å²) in [6, 6.07) is 5.88. The van der Waals surface area contributed by atoms with Gasteiger partial charge in [0.1, 0.15) is 0 Å². The molecule has 0 spiro atoms. The van der Waals surface area contributed by atoms with Crippen molar-refractivity contribution in [1.29, 1.82) is 0 Å². The van der Waals surface area contributed by atoms with Crippen LogP contribution in [0.1, 0.15) is 23.2 Å². The van der Waals surface area contributed by atoms with Gasteiger partial charge in [-0.3, -0.25) is 4.79 Å². The van der Waals surface area contributed by atoms with E-state index in [1.807, 2.05) is 31.1 Å². The number of anilines is 2. The molecule has 0 radical (unpaired) electrons. The van der Waals surface area contributed by atoms with Crippen LogP contribution < -0.4 is 16.0 Å². The number of nitrogens with one attached hydrogen (secondary N) is 1. The van der Waals surface area contributed by atoms with Gasteiger partial charge in [0.15, 0.2) is 0 Å². The van der Waals surface area contributed by atoms with Crippen LogP contribution in [0.2, 0.25) is 0 Å². The van der Waals surface area contributed by atoms with Crippen molar-refractivity contribution >= 4 is 17.3 Å². The number of rotatable bonds is 4. The lowest BCUT2D eigenvalue weighted by Crippen LogP contribution is -2.38. The molecule has 0 bridgehead atoms. The van der Waals surface area contributed by atoms with Crippen LogP contribution in [0.25, 0.3) is 0 Å². The van der Waals surface area contributed by atoms with Crippen molar-refractivity contribution in [2.24, 2.45) is 0 Å². The van der Waals surface area contributed by atoms with Crippen molar-refractivity contribution < 1.29 is 4.79 Å². The lowest BCUT2D eigenvalue weighted by molar-refractivity contribution is 0.0944. The van der Waals surface area contributed by atoms with Gasteiger partial charge in [0.2, 0.25) is 0 Å². The number of likely N-dealkylation sites (N-methyl/N-ethyl adjacent to an activating group) is 1. The Morgan fingerprint density at radius 1 is 1.50 bits per heavy atom. The average molecular weight is 276 g/mol. The highest BCUT2D eigenvalue weighted by Crippen LogP contribution is 2.21. The summed E-state index contributed by atoms with van der Waals surface area (Å²) in [7, 11) is 5.95. The van der Waals surface area contributed by atoms with Crippen LogP contribution in [0.15, 0.2) is 18.2 Å². The van der Waals surface area contributed by atoms with Crippen molar-refractivity contribution in [3.05, 3.63) is 23.8 Å². The summed E-state index contributed by atoms with van der Waals surface area (Å²) < 4.78 is 0. The van der Waals surface area contributed by atoms with Crippen molar-refractivity contribution in [2.45, 2.75) is 18.9 Å². The molecule has 1 heterocycles. The van der Waals surface area contributed by atoms with E-state index in [1.54, 1.807) is 6.07 Å². The van der Waals surface area contributed by atoms with Gasteiger partial charge < -0.3 is 20.9 Å². The molecule has 2 rings (SSSR count). The Balaban J connectivity index is 2.06. The fourth-order valence-corrected chi connectivity index (χ4v) is 2.67. The summed E-state index contributed by atoms with van der Waals surface area (Å²) >= 11 is 0. The quantitative estimate of drug-likeness (QED) is 0.810. The van der Waals surface area contributed by atoms with Gasteiger partial charge in [-0.2, -0.15) is 0 Å². The van der Waals surface area contributed by atoms with E-state index in [4.69, 9.17) is 5.73 Å². The molecule has 1 aromatic carbocycles. The second kappa shape index (κ2) is 6.13. The molecular weight excluding hydrogens is 252 g/mol. The molecule has 1 aliphatic heterocycles. The van der Waals surface area contributed by atoms with E-state index >= 15 is 0 Å². The Morgan fingerprint density at radius 3 is 2.85 bits per heavy atom. The van der Waals surface area contributed by atoms with Gasteiger partial charge >= 0.3 is 0 Å². The third-order valence-corrected chi connectivity index (χ3v) is 3.92. The first-order valence-electron chi connectivity index (χ1n) is 7.04. The predicted molar refractivity (Wildman–Crippen MR) is 83.2 cm³/mol. The van der Waals surface area contributed by atoms with Crippen LogP contribution >= 0.6 is 0 Å². The van der Waals surface area contributed by atoms with Gasteiger partial charge in [0.25, 0.3) is 5.91 Å². The van der Waals surface area contributed by atoms with Crippen LogP contribution in [0.4, 0.5) is 11.4 Å². The number of hydrogen-bond donors (Lipinski definition) is 2. The average Bonchev–Trinajstić information content (AvgIpc) is 2.81. The van der Waals surface area contributed by atoms with Crippen molar-refractivity contribution in [2.75, 3.05) is 44.9 Å². The molecule has 110 valence electrons. The number of benzene rings is 1. The van der Waals surface area contributed by atoms with Gasteiger partial charge in [0.05, 0.1) is 5.56 Å². The molecule has 1 unspecified atom stereocenters. The number of nitrogen functional groups attached to an aromatic ring is 1. The molecule has 1 atom stereocenters. The number of carbonyl (C=O) groups excluding carboxylic acids is 1. The lowest BCUT2D eigenvalue weighted by atomic mass is 10.1. The zero-order valence-electron chi connectivity index (χ0n) is 12.5. The maximum absolute atomic E-state index is 12.4. The van der Waals surface area contributed by atoms with E-state index in [-0.39, 0.29) is 5.91 Å². The maximum atomic E-state index is 12.4. The first-order chi connectivity index (χ1) is 9.49. The molecular formula is C15H24N4O. The summed E-state index contributed by atoms with van der Waals surface area (Å²) in [6.45, 7) is 1.80. The second-order valence-corrected chi connectivity index (χ2v) is 5.66. The van der Waals surface area contributed by atoms with Gasteiger partial charge in [-0.1, -0.05) is 0 Å². The number of nitrogens with zero attached hydrogens (tertiary/aromatic N) is 2. The number of likely N-dealkylation sites (tertiary alicyclic amines) is 1. The summed E-state index contributed by atoms with van der Waals surface area (Å²) in [5.74, 6) is -0.0544. The normalized spacial score (nSPS) is 19.1. The van der Waals surface area contributed by atoms with Gasteiger partial charge in [-0.25, -0.2) is 0 Å². The van der Waals surface area contributed by atoms with Crippen LogP contribution in [0, 0.1) is 0 Å². The second-order valence-electron chi connectivity index (χ2n) is 5.66. The Labute approximate surface area is 120 Å². The van der Waals surface area contributed by atoms with Gasteiger partial charge in [-0.05, 0) is 44.6 Å². The standard InChI is InChI=1S/C15H24N4O/c1-18(2)14-7-6-11(16)9-13(14)15(20)17-10-12-5-4-8-19(12)3/h6-7,9,12H,4-5,8,10,16H2,1-3H3,(H,17,20). The summed E-state index contributed by atoms with van der Waals surface area (Å²) in [4.78, 5) is 16.6. The lowest BCUT2D eigenvalue weighted by Gasteiger charge is -2.21. The molecule has 1 aromatic rings. The Morgan fingerprint density at radius 2 is 2.25 bits per heavy atom. The molecule has 1 fully saturated rings. The minimum absolute atomic E-state index is 0.0544. The number of amides is 1. The summed E-state index contributed by atoms with van der Waals surface area (Å²) in [5, 5.41) is 3.03. The largest absolute Gasteiger partial charge is 0.399 e. The molecule has 1 amide bonds. The molecule has 0 aliphatic carbocycles.